The Kier molecular flexibility index (Phi) is 3.49. The molecule has 0 saturated carbocycles. The summed E-state index contributed by atoms with van der Waals surface area (Å²) in [5.41, 5.74) is 0. The molecule has 0 amide bonds. The Morgan fingerprint density at radius 2 is 2.19 bits per heavy atom. The molecule has 0 aromatic rings. The standard InChI is InChI=1S/C12H20N2O2/c1-13-6-2-3-10-9-14(7-4-11(10)13)8-5-12(15)16/h5,8,10-11H,2-4,6-7,9H2,1H3,(H,15,16)/b8-5+. The van der Waals surface area contributed by atoms with Gasteiger partial charge in [-0.3, -0.25) is 0 Å². The molecule has 4 nitrogen and oxygen atoms in total. The highest BCUT2D eigenvalue weighted by Gasteiger charge is 2.33. The summed E-state index contributed by atoms with van der Waals surface area (Å²) in [6.45, 7) is 3.21. The van der Waals surface area contributed by atoms with Gasteiger partial charge in [-0.2, -0.15) is 0 Å². The lowest BCUT2D eigenvalue weighted by Gasteiger charge is -2.45. The van der Waals surface area contributed by atoms with Crippen molar-refractivity contribution < 1.29 is 9.90 Å². The predicted octanol–water partition coefficient (Wildman–Crippen LogP) is 1.00. The molecule has 2 aliphatic heterocycles. The van der Waals surface area contributed by atoms with E-state index in [0.29, 0.717) is 12.0 Å². The highest BCUT2D eigenvalue weighted by Crippen LogP contribution is 2.29. The van der Waals surface area contributed by atoms with Gasteiger partial charge in [0.25, 0.3) is 0 Å². The first-order valence-electron chi connectivity index (χ1n) is 6.02. The van der Waals surface area contributed by atoms with Crippen LogP contribution < -0.4 is 0 Å². The summed E-state index contributed by atoms with van der Waals surface area (Å²) >= 11 is 0. The molecule has 90 valence electrons. The van der Waals surface area contributed by atoms with Gasteiger partial charge in [0.15, 0.2) is 0 Å². The lowest BCUT2D eigenvalue weighted by molar-refractivity contribution is -0.131. The zero-order chi connectivity index (χ0) is 11.5. The summed E-state index contributed by atoms with van der Waals surface area (Å²) in [7, 11) is 2.21. The molecule has 0 spiro atoms. The van der Waals surface area contributed by atoms with E-state index in [1.165, 1.54) is 25.5 Å². The van der Waals surface area contributed by atoms with Crippen LogP contribution in [0.25, 0.3) is 0 Å². The van der Waals surface area contributed by atoms with Crippen LogP contribution in [0.4, 0.5) is 0 Å². The van der Waals surface area contributed by atoms with E-state index in [1.807, 2.05) is 0 Å². The highest BCUT2D eigenvalue weighted by molar-refractivity contribution is 5.79. The van der Waals surface area contributed by atoms with Gasteiger partial charge >= 0.3 is 5.97 Å². The fourth-order valence-corrected chi connectivity index (χ4v) is 2.99. The van der Waals surface area contributed by atoms with Crippen molar-refractivity contribution in [3.05, 3.63) is 12.3 Å². The number of carboxylic acids is 1. The maximum atomic E-state index is 10.5. The first-order chi connectivity index (χ1) is 7.66. The van der Waals surface area contributed by atoms with Crippen LogP contribution in [0, 0.1) is 5.92 Å². The van der Waals surface area contributed by atoms with Crippen molar-refractivity contribution in [1.82, 2.24) is 9.80 Å². The molecule has 1 N–H and O–H groups in total. The number of carboxylic acid groups (broad SMARTS) is 1. The predicted molar refractivity (Wildman–Crippen MR) is 62.1 cm³/mol. The fraction of sp³-hybridized carbons (Fsp3) is 0.750. The van der Waals surface area contributed by atoms with Crippen molar-refractivity contribution in [2.75, 3.05) is 26.7 Å². The number of hydrogen-bond acceptors (Lipinski definition) is 3. The van der Waals surface area contributed by atoms with Crippen LogP contribution in [0.5, 0.6) is 0 Å². The highest BCUT2D eigenvalue weighted by atomic mass is 16.4. The maximum absolute atomic E-state index is 10.5. The van der Waals surface area contributed by atoms with Crippen LogP contribution >= 0.6 is 0 Å². The minimum absolute atomic E-state index is 0.711. The van der Waals surface area contributed by atoms with Gasteiger partial charge in [0.1, 0.15) is 0 Å². The number of carbonyl (C=O) groups is 1. The van der Waals surface area contributed by atoms with E-state index in [4.69, 9.17) is 5.11 Å². The van der Waals surface area contributed by atoms with Gasteiger partial charge in [-0.1, -0.05) is 0 Å². The van der Waals surface area contributed by atoms with E-state index in [2.05, 4.69) is 16.8 Å². The number of piperidine rings is 2. The molecule has 0 aliphatic carbocycles. The van der Waals surface area contributed by atoms with Crippen LogP contribution in [0.3, 0.4) is 0 Å². The van der Waals surface area contributed by atoms with E-state index in [0.717, 1.165) is 19.5 Å². The second-order valence-electron chi connectivity index (χ2n) is 4.89. The average molecular weight is 224 g/mol. The zero-order valence-corrected chi connectivity index (χ0v) is 9.80. The molecule has 2 unspecified atom stereocenters. The molecule has 2 aliphatic rings. The van der Waals surface area contributed by atoms with Crippen LogP contribution in [0.1, 0.15) is 19.3 Å². The number of aliphatic carboxylic acids is 1. The number of nitrogens with zero attached hydrogens (tertiary/aromatic N) is 2. The second kappa shape index (κ2) is 4.87. The van der Waals surface area contributed by atoms with E-state index in [-0.39, 0.29) is 0 Å². The Labute approximate surface area is 96.5 Å². The molecule has 16 heavy (non-hydrogen) atoms. The lowest BCUT2D eigenvalue weighted by Crippen LogP contribution is -2.51. The van der Waals surface area contributed by atoms with Gasteiger partial charge in [-0.25, -0.2) is 4.79 Å². The third-order valence-electron chi connectivity index (χ3n) is 3.81. The Bertz CT molecular complexity index is 291. The fourth-order valence-electron chi connectivity index (χ4n) is 2.99. The Morgan fingerprint density at radius 1 is 1.38 bits per heavy atom. The van der Waals surface area contributed by atoms with Crippen molar-refractivity contribution in [1.29, 1.82) is 0 Å². The summed E-state index contributed by atoms with van der Waals surface area (Å²) in [6, 6.07) is 0.711. The number of fused-ring (bicyclic) bond motifs is 1. The molecule has 4 heteroatoms. The number of rotatable bonds is 2. The maximum Gasteiger partial charge on any atom is 0.329 e. The average Bonchev–Trinajstić information content (AvgIpc) is 2.26. The third kappa shape index (κ3) is 2.55. The van der Waals surface area contributed by atoms with Crippen molar-refractivity contribution >= 4 is 5.97 Å². The SMILES string of the molecule is CN1CCCC2CN(/C=C/C(=O)O)CCC21. The molecular weight excluding hydrogens is 204 g/mol. The van der Waals surface area contributed by atoms with Gasteiger partial charge in [-0.15, -0.1) is 0 Å². The smallest absolute Gasteiger partial charge is 0.329 e. The minimum atomic E-state index is -0.858. The second-order valence-corrected chi connectivity index (χ2v) is 4.89. The summed E-state index contributed by atoms with van der Waals surface area (Å²) in [5.74, 6) is -0.145. The molecule has 0 aromatic carbocycles. The number of hydrogen-bond donors (Lipinski definition) is 1. The molecule has 2 rings (SSSR count). The van der Waals surface area contributed by atoms with E-state index in [9.17, 15) is 4.79 Å². The first kappa shape index (κ1) is 11.5. The normalized spacial score (nSPS) is 31.7. The summed E-state index contributed by atoms with van der Waals surface area (Å²) in [6.07, 6.45) is 6.69. The third-order valence-corrected chi connectivity index (χ3v) is 3.81. The van der Waals surface area contributed by atoms with Crippen LogP contribution in [0.15, 0.2) is 12.3 Å². The van der Waals surface area contributed by atoms with E-state index in [1.54, 1.807) is 6.20 Å². The Balaban J connectivity index is 1.92. The topological polar surface area (TPSA) is 43.8 Å². The molecule has 0 bridgehead atoms. The van der Waals surface area contributed by atoms with Gasteiger partial charge in [-0.05, 0) is 38.8 Å². The quantitative estimate of drug-likeness (QED) is 0.711. The van der Waals surface area contributed by atoms with Crippen LogP contribution in [-0.4, -0.2) is 53.6 Å². The van der Waals surface area contributed by atoms with E-state index < -0.39 is 5.97 Å². The molecule has 2 fully saturated rings. The summed E-state index contributed by atoms with van der Waals surface area (Å²) in [5, 5.41) is 8.60. The van der Waals surface area contributed by atoms with Gasteiger partial charge in [0.2, 0.25) is 0 Å². The molecule has 2 atom stereocenters. The molecule has 2 heterocycles. The summed E-state index contributed by atoms with van der Waals surface area (Å²) < 4.78 is 0. The monoisotopic (exact) mass is 224 g/mol. The van der Waals surface area contributed by atoms with E-state index >= 15 is 0 Å². The van der Waals surface area contributed by atoms with Crippen molar-refractivity contribution in [2.45, 2.75) is 25.3 Å². The largest absolute Gasteiger partial charge is 0.478 e. The van der Waals surface area contributed by atoms with Gasteiger partial charge < -0.3 is 14.9 Å². The zero-order valence-electron chi connectivity index (χ0n) is 9.80. The molecule has 0 aromatic heterocycles. The first-order valence-corrected chi connectivity index (χ1v) is 6.02. The van der Waals surface area contributed by atoms with Gasteiger partial charge in [0, 0.05) is 31.4 Å². The molecule has 0 radical (unpaired) electrons. The summed E-state index contributed by atoms with van der Waals surface area (Å²) in [4.78, 5) is 15.1. The van der Waals surface area contributed by atoms with Crippen molar-refractivity contribution in [2.24, 2.45) is 5.92 Å². The van der Waals surface area contributed by atoms with Crippen LogP contribution in [-0.2, 0) is 4.79 Å². The molecular formula is C12H20N2O2. The van der Waals surface area contributed by atoms with Crippen molar-refractivity contribution in [3.63, 3.8) is 0 Å². The lowest BCUT2D eigenvalue weighted by atomic mass is 9.84. The Morgan fingerprint density at radius 3 is 2.94 bits per heavy atom. The Hall–Kier alpha value is -1.03. The molecule has 2 saturated heterocycles. The minimum Gasteiger partial charge on any atom is -0.478 e. The van der Waals surface area contributed by atoms with Crippen molar-refractivity contribution in [3.8, 4) is 0 Å². The van der Waals surface area contributed by atoms with Crippen LogP contribution in [0.2, 0.25) is 0 Å². The number of likely N-dealkylation sites (tertiary alicyclic amines) is 2. The van der Waals surface area contributed by atoms with Gasteiger partial charge in [0.05, 0.1) is 0 Å².